The van der Waals surface area contributed by atoms with E-state index in [0.29, 0.717) is 19.1 Å². The Morgan fingerprint density at radius 2 is 1.92 bits per heavy atom. The van der Waals surface area contributed by atoms with Crippen molar-refractivity contribution in [3.05, 3.63) is 0 Å². The average Bonchev–Trinajstić information content (AvgIpc) is 2.80. The molecule has 0 unspecified atom stereocenters. The molecule has 1 aliphatic carbocycles. The monoisotopic (exact) mass is 466 g/mol. The molecule has 0 atom stereocenters. The molecular formula is C18H35IN4O2. The van der Waals surface area contributed by atoms with Gasteiger partial charge in [0.1, 0.15) is 5.60 Å². The fourth-order valence-electron chi connectivity index (χ4n) is 3.26. The van der Waals surface area contributed by atoms with Crippen LogP contribution in [0.25, 0.3) is 0 Å². The molecule has 0 spiro atoms. The van der Waals surface area contributed by atoms with Gasteiger partial charge in [0.15, 0.2) is 5.96 Å². The number of nitrogens with zero attached hydrogens (tertiary/aromatic N) is 2. The van der Waals surface area contributed by atoms with Crippen molar-refractivity contribution in [3.63, 3.8) is 0 Å². The smallest absolute Gasteiger partial charge is 0.410 e. The molecule has 0 aromatic carbocycles. The molecular weight excluding hydrogens is 431 g/mol. The lowest BCUT2D eigenvalue weighted by Crippen LogP contribution is -2.48. The van der Waals surface area contributed by atoms with Crippen LogP contribution in [0.3, 0.4) is 0 Å². The van der Waals surface area contributed by atoms with E-state index in [4.69, 9.17) is 4.74 Å². The summed E-state index contributed by atoms with van der Waals surface area (Å²) in [6.45, 7) is 8.96. The third kappa shape index (κ3) is 8.46. The largest absolute Gasteiger partial charge is 0.444 e. The summed E-state index contributed by atoms with van der Waals surface area (Å²) in [5.74, 6) is 0.853. The minimum Gasteiger partial charge on any atom is -0.444 e. The molecule has 2 rings (SSSR count). The van der Waals surface area contributed by atoms with Crippen LogP contribution >= 0.6 is 24.0 Å². The molecule has 1 saturated carbocycles. The van der Waals surface area contributed by atoms with E-state index < -0.39 is 5.60 Å². The van der Waals surface area contributed by atoms with Gasteiger partial charge in [-0.1, -0.05) is 25.7 Å². The Bertz CT molecular complexity index is 429. The van der Waals surface area contributed by atoms with Crippen LogP contribution in [0.1, 0.15) is 65.7 Å². The number of nitrogens with one attached hydrogen (secondary N) is 2. The minimum atomic E-state index is -0.456. The standard InChI is InChI=1S/C18H34N4O2.HI/c1-18(2,3)24-17(23)22(15-9-6-4-5-7-10-15)14-13-21-16-19-11-8-12-20-16;/h15H,4-14H2,1-3H3,(H2,19,20,21);1H. The van der Waals surface area contributed by atoms with Crippen molar-refractivity contribution in [3.8, 4) is 0 Å². The molecule has 0 aromatic rings. The molecule has 0 bridgehead atoms. The van der Waals surface area contributed by atoms with Gasteiger partial charge in [-0.2, -0.15) is 0 Å². The summed E-state index contributed by atoms with van der Waals surface area (Å²) in [5.41, 5.74) is -0.456. The molecule has 1 heterocycles. The highest BCUT2D eigenvalue weighted by molar-refractivity contribution is 14.0. The number of rotatable bonds is 4. The molecule has 0 aromatic heterocycles. The summed E-state index contributed by atoms with van der Waals surface area (Å²) in [4.78, 5) is 19.0. The quantitative estimate of drug-likeness (QED) is 0.492. The van der Waals surface area contributed by atoms with E-state index >= 15 is 0 Å². The normalized spacial score (nSPS) is 18.9. The second-order valence-corrected chi connectivity index (χ2v) is 7.76. The van der Waals surface area contributed by atoms with Crippen LogP contribution in [-0.2, 0) is 4.74 Å². The second kappa shape index (κ2) is 11.1. The molecule has 1 aliphatic heterocycles. The van der Waals surface area contributed by atoms with Crippen molar-refractivity contribution in [2.45, 2.75) is 77.4 Å². The fraction of sp³-hybridized carbons (Fsp3) is 0.889. The summed E-state index contributed by atoms with van der Waals surface area (Å²) >= 11 is 0. The van der Waals surface area contributed by atoms with Crippen molar-refractivity contribution in [2.24, 2.45) is 4.99 Å². The summed E-state index contributed by atoms with van der Waals surface area (Å²) in [6.07, 6.45) is 8.01. The summed E-state index contributed by atoms with van der Waals surface area (Å²) < 4.78 is 5.65. The van der Waals surface area contributed by atoms with Gasteiger partial charge < -0.3 is 20.3 Å². The van der Waals surface area contributed by atoms with Crippen molar-refractivity contribution in [1.82, 2.24) is 15.5 Å². The van der Waals surface area contributed by atoms with Crippen LogP contribution in [0.4, 0.5) is 4.79 Å². The van der Waals surface area contributed by atoms with E-state index in [1.54, 1.807) is 0 Å². The Morgan fingerprint density at radius 1 is 1.24 bits per heavy atom. The topological polar surface area (TPSA) is 66.0 Å². The Hall–Kier alpha value is -0.730. The zero-order valence-corrected chi connectivity index (χ0v) is 18.3. The highest BCUT2D eigenvalue weighted by Crippen LogP contribution is 2.23. The highest BCUT2D eigenvalue weighted by atomic mass is 127. The molecule has 0 saturated heterocycles. The van der Waals surface area contributed by atoms with Crippen molar-refractivity contribution >= 4 is 36.0 Å². The second-order valence-electron chi connectivity index (χ2n) is 7.76. The maximum absolute atomic E-state index is 12.7. The average molecular weight is 466 g/mol. The number of hydrogen-bond donors (Lipinski definition) is 2. The Kier molecular flexibility index (Phi) is 9.89. The minimum absolute atomic E-state index is 0. The summed E-state index contributed by atoms with van der Waals surface area (Å²) in [7, 11) is 0. The molecule has 1 amide bonds. The lowest BCUT2D eigenvalue weighted by atomic mass is 10.1. The Labute approximate surface area is 169 Å². The van der Waals surface area contributed by atoms with E-state index in [0.717, 1.165) is 38.3 Å². The fourth-order valence-corrected chi connectivity index (χ4v) is 3.26. The summed E-state index contributed by atoms with van der Waals surface area (Å²) in [6, 6.07) is 0.297. The number of hydrogen-bond acceptors (Lipinski definition) is 5. The lowest BCUT2D eigenvalue weighted by molar-refractivity contribution is 0.0149. The zero-order valence-electron chi connectivity index (χ0n) is 16.0. The van der Waals surface area contributed by atoms with Gasteiger partial charge in [0.25, 0.3) is 0 Å². The third-order valence-corrected chi connectivity index (χ3v) is 4.44. The zero-order chi connectivity index (χ0) is 17.4. The number of carbonyl (C=O) groups is 1. The third-order valence-electron chi connectivity index (χ3n) is 4.44. The number of carbonyl (C=O) groups excluding carboxylic acids is 1. The molecule has 7 heteroatoms. The Morgan fingerprint density at radius 3 is 2.48 bits per heavy atom. The SMILES string of the molecule is CC(C)(C)OC(=O)N(CCNC1=NCCCN1)C1CCCCCC1.I. The first-order chi connectivity index (χ1) is 11.5. The van der Waals surface area contributed by atoms with Crippen molar-refractivity contribution in [2.75, 3.05) is 26.2 Å². The van der Waals surface area contributed by atoms with Gasteiger partial charge in [0.05, 0.1) is 0 Å². The number of ether oxygens (including phenoxy) is 1. The molecule has 2 N–H and O–H groups in total. The summed E-state index contributed by atoms with van der Waals surface area (Å²) in [5, 5.41) is 6.57. The van der Waals surface area contributed by atoms with E-state index in [9.17, 15) is 4.79 Å². The predicted octanol–water partition coefficient (Wildman–Crippen LogP) is 3.50. The Balaban J connectivity index is 0.00000312. The van der Waals surface area contributed by atoms with Crippen LogP contribution in [0.15, 0.2) is 4.99 Å². The van der Waals surface area contributed by atoms with E-state index in [2.05, 4.69) is 15.6 Å². The van der Waals surface area contributed by atoms with Crippen LogP contribution < -0.4 is 10.6 Å². The van der Waals surface area contributed by atoms with Gasteiger partial charge in [0, 0.05) is 32.2 Å². The first kappa shape index (κ1) is 22.3. The van der Waals surface area contributed by atoms with Gasteiger partial charge in [-0.05, 0) is 40.0 Å². The van der Waals surface area contributed by atoms with Crippen LogP contribution in [-0.4, -0.2) is 54.8 Å². The predicted molar refractivity (Wildman–Crippen MR) is 113 cm³/mol. The van der Waals surface area contributed by atoms with Crippen molar-refractivity contribution in [1.29, 1.82) is 0 Å². The van der Waals surface area contributed by atoms with Gasteiger partial charge in [0.2, 0.25) is 0 Å². The number of halogens is 1. The first-order valence-corrected chi connectivity index (χ1v) is 9.47. The molecule has 0 radical (unpaired) electrons. The number of amides is 1. The number of aliphatic imine (C=N–C) groups is 1. The van der Waals surface area contributed by atoms with E-state index in [1.165, 1.54) is 25.7 Å². The van der Waals surface area contributed by atoms with Crippen LogP contribution in [0.5, 0.6) is 0 Å². The maximum atomic E-state index is 12.7. The molecule has 146 valence electrons. The van der Waals surface area contributed by atoms with Gasteiger partial charge in [-0.3, -0.25) is 4.99 Å². The molecule has 6 nitrogen and oxygen atoms in total. The van der Waals surface area contributed by atoms with Gasteiger partial charge in [-0.15, -0.1) is 24.0 Å². The first-order valence-electron chi connectivity index (χ1n) is 9.47. The molecule has 25 heavy (non-hydrogen) atoms. The highest BCUT2D eigenvalue weighted by Gasteiger charge is 2.28. The number of guanidine groups is 1. The molecule has 1 fully saturated rings. The van der Waals surface area contributed by atoms with E-state index in [1.807, 2.05) is 25.7 Å². The van der Waals surface area contributed by atoms with Crippen LogP contribution in [0, 0.1) is 0 Å². The van der Waals surface area contributed by atoms with Gasteiger partial charge >= 0.3 is 6.09 Å². The lowest BCUT2D eigenvalue weighted by Gasteiger charge is -2.33. The van der Waals surface area contributed by atoms with Crippen LogP contribution in [0.2, 0.25) is 0 Å². The van der Waals surface area contributed by atoms with Gasteiger partial charge in [-0.25, -0.2) is 4.79 Å². The molecule has 2 aliphatic rings. The maximum Gasteiger partial charge on any atom is 0.410 e. The van der Waals surface area contributed by atoms with Crippen molar-refractivity contribution < 1.29 is 9.53 Å². The van der Waals surface area contributed by atoms with E-state index in [-0.39, 0.29) is 30.1 Å².